The van der Waals surface area contributed by atoms with Crippen LogP contribution in [0.5, 0.6) is 0 Å². The first-order valence-electron chi connectivity index (χ1n) is 5.21. The van der Waals surface area contributed by atoms with Gasteiger partial charge < -0.3 is 4.90 Å². The molecular formula is C11H17BrN2O2S. The third-order valence-corrected chi connectivity index (χ3v) is 5.15. The molecular weight excluding hydrogens is 304 g/mol. The van der Waals surface area contributed by atoms with Gasteiger partial charge in [0, 0.05) is 12.6 Å². The summed E-state index contributed by atoms with van der Waals surface area (Å²) < 4.78 is 25.3. The van der Waals surface area contributed by atoms with Crippen molar-refractivity contribution < 1.29 is 8.42 Å². The van der Waals surface area contributed by atoms with Crippen LogP contribution in [0.15, 0.2) is 30.3 Å². The van der Waals surface area contributed by atoms with E-state index in [9.17, 15) is 8.42 Å². The lowest BCUT2D eigenvalue weighted by Crippen LogP contribution is -2.34. The van der Waals surface area contributed by atoms with Gasteiger partial charge in [-0.05, 0) is 19.7 Å². The minimum atomic E-state index is -3.22. The Morgan fingerprint density at radius 3 is 2.35 bits per heavy atom. The Hall–Kier alpha value is -0.430. The highest BCUT2D eigenvalue weighted by Gasteiger charge is 2.16. The smallest absolute Gasteiger partial charge is 0.221 e. The molecule has 1 unspecified atom stereocenters. The molecule has 1 rings (SSSR count). The van der Waals surface area contributed by atoms with E-state index in [0.29, 0.717) is 6.54 Å². The maximum absolute atomic E-state index is 11.4. The van der Waals surface area contributed by atoms with Crippen LogP contribution in [0.2, 0.25) is 0 Å². The van der Waals surface area contributed by atoms with Crippen LogP contribution in [-0.4, -0.2) is 38.6 Å². The number of benzene rings is 1. The highest BCUT2D eigenvalue weighted by molar-refractivity contribution is 9.10. The molecule has 0 aliphatic rings. The summed E-state index contributed by atoms with van der Waals surface area (Å²) in [6.07, 6.45) is 0. The van der Waals surface area contributed by atoms with Gasteiger partial charge in [-0.15, -0.1) is 0 Å². The second-order valence-corrected chi connectivity index (χ2v) is 7.07. The van der Waals surface area contributed by atoms with E-state index in [2.05, 4.69) is 20.7 Å². The van der Waals surface area contributed by atoms with Crippen LogP contribution in [0.4, 0.5) is 0 Å². The van der Waals surface area contributed by atoms with Crippen molar-refractivity contribution in [3.63, 3.8) is 0 Å². The van der Waals surface area contributed by atoms with Gasteiger partial charge in [-0.25, -0.2) is 13.1 Å². The van der Waals surface area contributed by atoms with E-state index in [4.69, 9.17) is 0 Å². The number of hydrogen-bond acceptors (Lipinski definition) is 3. The molecule has 17 heavy (non-hydrogen) atoms. The second kappa shape index (κ2) is 6.49. The van der Waals surface area contributed by atoms with Crippen LogP contribution in [-0.2, 0) is 10.0 Å². The summed E-state index contributed by atoms with van der Waals surface area (Å²) in [6.45, 7) is 0.366. The van der Waals surface area contributed by atoms with Crippen LogP contribution < -0.4 is 4.72 Å². The molecule has 96 valence electrons. The largest absolute Gasteiger partial charge is 0.301 e. The fourth-order valence-electron chi connectivity index (χ4n) is 1.52. The number of likely N-dealkylation sites (N-methyl/N-ethyl adjacent to an activating group) is 1. The molecule has 0 bridgehead atoms. The highest BCUT2D eigenvalue weighted by atomic mass is 79.9. The van der Waals surface area contributed by atoms with Gasteiger partial charge in [-0.2, -0.15) is 0 Å². The number of nitrogens with one attached hydrogen (secondary N) is 1. The summed E-state index contributed by atoms with van der Waals surface area (Å²) in [6, 6.07) is 9.86. The maximum Gasteiger partial charge on any atom is 0.221 e. The lowest BCUT2D eigenvalue weighted by Gasteiger charge is -2.24. The first kappa shape index (κ1) is 14.6. The standard InChI is InChI=1S/C11H17BrN2O2S/c1-14(2)11(8-13-17(15,16)9-12)10-6-4-3-5-7-10/h3-7,11,13H,8-9H2,1-2H3. The van der Waals surface area contributed by atoms with E-state index in [-0.39, 0.29) is 10.7 Å². The molecule has 0 aromatic heterocycles. The van der Waals surface area contributed by atoms with Crippen LogP contribution in [0.1, 0.15) is 11.6 Å². The van der Waals surface area contributed by atoms with Crippen molar-refractivity contribution in [3.8, 4) is 0 Å². The zero-order valence-corrected chi connectivity index (χ0v) is 12.3. The van der Waals surface area contributed by atoms with Gasteiger partial charge in [-0.3, -0.25) is 0 Å². The van der Waals surface area contributed by atoms with E-state index in [1.165, 1.54) is 0 Å². The molecule has 1 atom stereocenters. The summed E-state index contributed by atoms with van der Waals surface area (Å²) in [5.41, 5.74) is 1.09. The summed E-state index contributed by atoms with van der Waals surface area (Å²) in [7, 11) is 0.645. The quantitative estimate of drug-likeness (QED) is 0.809. The fraction of sp³-hybridized carbons (Fsp3) is 0.455. The normalized spacial score (nSPS) is 13.9. The number of hydrogen-bond donors (Lipinski definition) is 1. The zero-order valence-electron chi connectivity index (χ0n) is 9.93. The Morgan fingerprint density at radius 1 is 1.29 bits per heavy atom. The average Bonchev–Trinajstić information content (AvgIpc) is 2.30. The lowest BCUT2D eigenvalue weighted by atomic mass is 10.1. The number of halogens is 1. The first-order valence-corrected chi connectivity index (χ1v) is 7.98. The predicted molar refractivity (Wildman–Crippen MR) is 73.6 cm³/mol. The molecule has 0 heterocycles. The van der Waals surface area contributed by atoms with Gasteiger partial charge >= 0.3 is 0 Å². The van der Waals surface area contributed by atoms with Crippen LogP contribution in [0.3, 0.4) is 0 Å². The summed E-state index contributed by atoms with van der Waals surface area (Å²) in [5, 5.41) is 0. The molecule has 4 nitrogen and oxygen atoms in total. The molecule has 6 heteroatoms. The Kier molecular flexibility index (Phi) is 5.58. The third-order valence-electron chi connectivity index (χ3n) is 2.45. The van der Waals surface area contributed by atoms with Gasteiger partial charge in [0.15, 0.2) is 0 Å². The minimum absolute atomic E-state index is 0.0324. The van der Waals surface area contributed by atoms with Crippen LogP contribution in [0, 0.1) is 0 Å². The monoisotopic (exact) mass is 320 g/mol. The molecule has 0 saturated heterocycles. The number of rotatable bonds is 6. The van der Waals surface area contributed by atoms with E-state index >= 15 is 0 Å². The third kappa shape index (κ3) is 4.75. The molecule has 0 fully saturated rings. The van der Waals surface area contributed by atoms with Crippen molar-refractivity contribution in [1.82, 2.24) is 9.62 Å². The molecule has 1 aromatic rings. The van der Waals surface area contributed by atoms with E-state index in [0.717, 1.165) is 5.56 Å². The van der Waals surface area contributed by atoms with Gasteiger partial charge in [0.25, 0.3) is 0 Å². The summed E-state index contributed by atoms with van der Waals surface area (Å²) >= 11 is 2.95. The Bertz CT molecular complexity index is 434. The van der Waals surface area contributed by atoms with Crippen molar-refractivity contribution >= 4 is 26.0 Å². The number of alkyl halides is 1. The second-order valence-electron chi connectivity index (χ2n) is 3.96. The van der Waals surface area contributed by atoms with Gasteiger partial charge in [0.2, 0.25) is 10.0 Å². The molecule has 1 aromatic carbocycles. The fourth-order valence-corrected chi connectivity index (χ4v) is 2.49. The van der Waals surface area contributed by atoms with Gasteiger partial charge in [0.1, 0.15) is 4.66 Å². The molecule has 0 amide bonds. The van der Waals surface area contributed by atoms with Crippen LogP contribution in [0.25, 0.3) is 0 Å². The van der Waals surface area contributed by atoms with E-state index < -0.39 is 10.0 Å². The van der Waals surface area contributed by atoms with Gasteiger partial charge in [0.05, 0.1) is 0 Å². The lowest BCUT2D eigenvalue weighted by molar-refractivity contribution is 0.299. The maximum atomic E-state index is 11.4. The van der Waals surface area contributed by atoms with Crippen molar-refractivity contribution in [1.29, 1.82) is 0 Å². The SMILES string of the molecule is CN(C)C(CNS(=O)(=O)CBr)c1ccccc1. The highest BCUT2D eigenvalue weighted by Crippen LogP contribution is 2.16. The molecule has 0 aliphatic heterocycles. The first-order chi connectivity index (χ1) is 7.96. The predicted octanol–water partition coefficient (Wildman–Crippen LogP) is 1.56. The van der Waals surface area contributed by atoms with Crippen molar-refractivity contribution in [3.05, 3.63) is 35.9 Å². The average molecular weight is 321 g/mol. The van der Waals surface area contributed by atoms with Gasteiger partial charge in [-0.1, -0.05) is 46.3 Å². The summed E-state index contributed by atoms with van der Waals surface area (Å²) in [4.78, 5) is 1.99. The van der Waals surface area contributed by atoms with Crippen LogP contribution >= 0.6 is 15.9 Å². The molecule has 0 spiro atoms. The molecule has 1 N–H and O–H groups in total. The number of nitrogens with zero attached hydrogens (tertiary/aromatic N) is 1. The topological polar surface area (TPSA) is 49.4 Å². The zero-order chi connectivity index (χ0) is 12.9. The summed E-state index contributed by atoms with van der Waals surface area (Å²) in [5.74, 6) is 0. The van der Waals surface area contributed by atoms with Crippen molar-refractivity contribution in [2.24, 2.45) is 0 Å². The Labute approximate surface area is 111 Å². The Morgan fingerprint density at radius 2 is 1.88 bits per heavy atom. The molecule has 0 saturated carbocycles. The number of sulfonamides is 1. The van der Waals surface area contributed by atoms with Crippen molar-refractivity contribution in [2.45, 2.75) is 6.04 Å². The minimum Gasteiger partial charge on any atom is -0.301 e. The van der Waals surface area contributed by atoms with E-state index in [1.807, 2.05) is 49.3 Å². The Balaban J connectivity index is 2.76. The molecule has 0 radical (unpaired) electrons. The van der Waals surface area contributed by atoms with Crippen molar-refractivity contribution in [2.75, 3.05) is 25.3 Å². The molecule has 0 aliphatic carbocycles. The van der Waals surface area contributed by atoms with E-state index in [1.54, 1.807) is 0 Å².